The lowest BCUT2D eigenvalue weighted by atomic mass is 10.0. The molecule has 6 aromatic carbocycles. The second-order valence-electron chi connectivity index (χ2n) is 14.4. The van der Waals surface area contributed by atoms with Gasteiger partial charge in [-0.15, -0.1) is 0 Å². The lowest BCUT2D eigenvalue weighted by Crippen LogP contribution is -2.16. The molecule has 2 heterocycles. The van der Waals surface area contributed by atoms with Crippen LogP contribution in [-0.4, -0.2) is 66.8 Å². The van der Waals surface area contributed by atoms with Gasteiger partial charge in [0, 0.05) is 58.5 Å². The molecule has 12 nitrogen and oxygen atoms in total. The lowest BCUT2D eigenvalue weighted by Gasteiger charge is -2.09. The Balaban J connectivity index is 0.000000186. The normalized spacial score (nSPS) is 12.1. The number of nitrogens with zero attached hydrogens (tertiary/aromatic N) is 2. The number of fused-ring (bicyclic) bond motifs is 2. The fourth-order valence-electron chi connectivity index (χ4n) is 7.03. The first-order chi connectivity index (χ1) is 29.9. The Morgan fingerprint density at radius 1 is 0.565 bits per heavy atom. The third kappa shape index (κ3) is 9.81. The molecule has 0 saturated heterocycles. The summed E-state index contributed by atoms with van der Waals surface area (Å²) in [6.45, 7) is -0.734. The van der Waals surface area contributed by atoms with Gasteiger partial charge in [-0.2, -0.15) is 0 Å². The van der Waals surface area contributed by atoms with Gasteiger partial charge in [-0.1, -0.05) is 12.1 Å². The van der Waals surface area contributed by atoms with Crippen LogP contribution in [0.5, 0.6) is 23.0 Å². The van der Waals surface area contributed by atoms with Gasteiger partial charge in [0.25, 0.3) is 0 Å². The van der Waals surface area contributed by atoms with Crippen LogP contribution in [0.25, 0.3) is 33.2 Å². The number of rotatable bonds is 14. The van der Waals surface area contributed by atoms with Crippen LogP contribution in [0.4, 0.5) is 8.78 Å². The predicted molar refractivity (Wildman–Crippen MR) is 230 cm³/mol. The molecule has 0 fully saturated rings. The summed E-state index contributed by atoms with van der Waals surface area (Å²) in [5.41, 5.74) is 16.4. The number of carbonyl (C=O) groups is 2. The molecule has 0 aliphatic carbocycles. The number of nitrogens with two attached hydrogens (primary N) is 2. The van der Waals surface area contributed by atoms with Crippen LogP contribution in [0.2, 0.25) is 0 Å². The van der Waals surface area contributed by atoms with Crippen LogP contribution in [0, 0.1) is 11.6 Å². The first kappa shape index (κ1) is 42.8. The van der Waals surface area contributed by atoms with Crippen LogP contribution >= 0.6 is 0 Å². The van der Waals surface area contributed by atoms with Gasteiger partial charge >= 0.3 is 0 Å². The quantitative estimate of drug-likeness (QED) is 0.0666. The predicted octanol–water partition coefficient (Wildman–Crippen LogP) is 7.11. The molecule has 2 amide bonds. The van der Waals surface area contributed by atoms with Crippen molar-refractivity contribution in [1.82, 2.24) is 9.13 Å². The van der Waals surface area contributed by atoms with Crippen molar-refractivity contribution < 1.29 is 48.3 Å². The SMILES string of the molecule is NC(=O)c1ccc2c(C[C@H](O)CO)cn(-c3ccc(Oc4ccc(F)cc4)cc3)c2c1.NC(=O)c1cccc2c1c(C[C@H](O)CO)cn2-c1ccc(Oc2ccc(F)cc2)cc1. The van der Waals surface area contributed by atoms with Gasteiger partial charge in [-0.25, -0.2) is 8.78 Å². The highest BCUT2D eigenvalue weighted by molar-refractivity contribution is 6.07. The molecule has 8 rings (SSSR count). The molecule has 316 valence electrons. The molecule has 0 radical (unpaired) electrons. The maximum absolute atomic E-state index is 13.1. The van der Waals surface area contributed by atoms with E-state index in [4.69, 9.17) is 20.9 Å². The summed E-state index contributed by atoms with van der Waals surface area (Å²) in [7, 11) is 0. The fourth-order valence-corrected chi connectivity index (χ4v) is 7.03. The van der Waals surface area contributed by atoms with Crippen LogP contribution in [0.3, 0.4) is 0 Å². The number of benzene rings is 6. The average molecular weight is 841 g/mol. The molecule has 0 saturated carbocycles. The van der Waals surface area contributed by atoms with E-state index in [-0.39, 0.29) is 37.7 Å². The second kappa shape index (κ2) is 18.9. The van der Waals surface area contributed by atoms with E-state index >= 15 is 0 Å². The van der Waals surface area contributed by atoms with E-state index in [0.29, 0.717) is 45.1 Å². The van der Waals surface area contributed by atoms with Gasteiger partial charge in [-0.3, -0.25) is 9.59 Å². The Labute approximate surface area is 354 Å². The Morgan fingerprint density at radius 3 is 1.48 bits per heavy atom. The van der Waals surface area contributed by atoms with E-state index in [1.807, 2.05) is 51.9 Å². The highest BCUT2D eigenvalue weighted by Crippen LogP contribution is 2.32. The number of halogens is 2. The number of carbonyl (C=O) groups excluding carboxylic acids is 2. The van der Waals surface area contributed by atoms with E-state index < -0.39 is 24.0 Å². The smallest absolute Gasteiger partial charge is 0.249 e. The molecule has 14 heteroatoms. The number of hydrogen-bond donors (Lipinski definition) is 6. The minimum Gasteiger partial charge on any atom is -0.457 e. The summed E-state index contributed by atoms with van der Waals surface area (Å²) in [4.78, 5) is 23.6. The Hall–Kier alpha value is -7.36. The molecule has 0 aliphatic heterocycles. The Morgan fingerprint density at radius 2 is 1.02 bits per heavy atom. The van der Waals surface area contributed by atoms with Crippen molar-refractivity contribution in [3.8, 4) is 34.4 Å². The third-order valence-electron chi connectivity index (χ3n) is 10.0. The number of aliphatic hydroxyl groups excluding tert-OH is 4. The summed E-state index contributed by atoms with van der Waals surface area (Å²) >= 11 is 0. The summed E-state index contributed by atoms with van der Waals surface area (Å²) in [5, 5.41) is 39.8. The van der Waals surface area contributed by atoms with Gasteiger partial charge in [0.2, 0.25) is 11.8 Å². The van der Waals surface area contributed by atoms with Gasteiger partial charge in [-0.05, 0) is 132 Å². The first-order valence-corrected chi connectivity index (χ1v) is 19.4. The van der Waals surface area contributed by atoms with Gasteiger partial charge in [0.05, 0.1) is 36.5 Å². The van der Waals surface area contributed by atoms with Gasteiger partial charge in [0.15, 0.2) is 0 Å². The second-order valence-corrected chi connectivity index (χ2v) is 14.4. The Kier molecular flexibility index (Phi) is 13.0. The summed E-state index contributed by atoms with van der Waals surface area (Å²) in [6.07, 6.45) is 2.29. The molecular weight excluding hydrogens is 799 g/mol. The number of ether oxygens (including phenoxy) is 2. The van der Waals surface area contributed by atoms with Crippen LogP contribution in [-0.2, 0) is 12.8 Å². The third-order valence-corrected chi connectivity index (χ3v) is 10.0. The van der Waals surface area contributed by atoms with E-state index in [0.717, 1.165) is 33.4 Å². The molecule has 2 aromatic heterocycles. The highest BCUT2D eigenvalue weighted by atomic mass is 19.1. The molecule has 0 bridgehead atoms. The number of aromatic nitrogens is 2. The van der Waals surface area contributed by atoms with E-state index in [1.165, 1.54) is 24.3 Å². The summed E-state index contributed by atoms with van der Waals surface area (Å²) in [5.74, 6) is 0.445. The molecular formula is C48H42F2N4O8. The number of amides is 2. The van der Waals surface area contributed by atoms with Gasteiger partial charge < -0.3 is 50.5 Å². The molecule has 0 unspecified atom stereocenters. The van der Waals surface area contributed by atoms with Crippen molar-refractivity contribution in [2.75, 3.05) is 13.2 Å². The zero-order valence-electron chi connectivity index (χ0n) is 33.1. The van der Waals surface area contributed by atoms with Crippen molar-refractivity contribution in [2.24, 2.45) is 11.5 Å². The van der Waals surface area contributed by atoms with Crippen molar-refractivity contribution >= 4 is 33.6 Å². The largest absolute Gasteiger partial charge is 0.457 e. The molecule has 62 heavy (non-hydrogen) atoms. The van der Waals surface area contributed by atoms with Crippen LogP contribution in [0.1, 0.15) is 31.8 Å². The molecule has 0 spiro atoms. The topological polar surface area (TPSA) is 195 Å². The molecule has 0 aliphatic rings. The average Bonchev–Trinajstić information content (AvgIpc) is 3.83. The van der Waals surface area contributed by atoms with E-state index in [1.54, 1.807) is 78.9 Å². The highest BCUT2D eigenvalue weighted by Gasteiger charge is 2.19. The standard InChI is InChI=1S/2C24H21FN2O4/c25-17-2-6-20(7-3-17)31-21-8-4-18(5-9-21)27-13-16(11-19(29)14-28)22-10-1-15(24(26)30)12-23(22)27;25-16-4-8-19(9-5-16)31-20-10-6-17(7-11-20)27-13-15(12-18(29)14-28)23-21(24(26)30)2-1-3-22(23)27/h1-10,12-13,19,28-29H,11,14H2,(H2,26,30);1-11,13,18,28-29H,12,14H2,(H2,26,30)/t19-;18-/m00/s1. The number of hydrogen-bond acceptors (Lipinski definition) is 8. The van der Waals surface area contributed by atoms with E-state index in [9.17, 15) is 38.8 Å². The zero-order valence-corrected chi connectivity index (χ0v) is 33.1. The molecule has 2 atom stereocenters. The first-order valence-electron chi connectivity index (χ1n) is 19.4. The monoisotopic (exact) mass is 840 g/mol. The fraction of sp³-hybridized carbons (Fsp3) is 0.125. The van der Waals surface area contributed by atoms with Crippen molar-refractivity contribution in [3.63, 3.8) is 0 Å². The maximum Gasteiger partial charge on any atom is 0.249 e. The lowest BCUT2D eigenvalue weighted by molar-refractivity contribution is 0.0956. The van der Waals surface area contributed by atoms with E-state index in [2.05, 4.69) is 0 Å². The van der Waals surface area contributed by atoms with Crippen LogP contribution in [0.15, 0.2) is 146 Å². The number of aliphatic hydroxyl groups is 4. The molecule has 8 N–H and O–H groups in total. The number of primary amides is 2. The zero-order chi connectivity index (χ0) is 43.9. The minimum absolute atomic E-state index is 0.177. The minimum atomic E-state index is -0.952. The maximum atomic E-state index is 13.1. The van der Waals surface area contributed by atoms with Crippen molar-refractivity contribution in [2.45, 2.75) is 25.0 Å². The van der Waals surface area contributed by atoms with Gasteiger partial charge in [0.1, 0.15) is 34.6 Å². The van der Waals surface area contributed by atoms with Crippen molar-refractivity contribution in [3.05, 3.63) is 180 Å². The Bertz CT molecular complexity index is 2730. The summed E-state index contributed by atoms with van der Waals surface area (Å²) < 4.78 is 41.4. The van der Waals surface area contributed by atoms with Crippen LogP contribution < -0.4 is 20.9 Å². The summed E-state index contributed by atoms with van der Waals surface area (Å²) in [6, 6.07) is 36.4. The van der Waals surface area contributed by atoms with Crippen molar-refractivity contribution in [1.29, 1.82) is 0 Å². The molecule has 8 aromatic rings.